The maximum absolute atomic E-state index is 12.0. The van der Waals surface area contributed by atoms with Gasteiger partial charge in [0.1, 0.15) is 5.69 Å². The molecule has 0 aromatic carbocycles. The Hall–Kier alpha value is -2.23. The molecule has 0 aliphatic carbocycles. The summed E-state index contributed by atoms with van der Waals surface area (Å²) in [5.74, 6) is -0.0885. The summed E-state index contributed by atoms with van der Waals surface area (Å²) in [6.07, 6.45) is 5.08. The zero-order valence-corrected chi connectivity index (χ0v) is 9.58. The van der Waals surface area contributed by atoms with Gasteiger partial charge < -0.3 is 4.90 Å². The number of nitrogens with zero attached hydrogens (tertiary/aromatic N) is 3. The molecule has 4 heteroatoms. The standard InChI is InChI=1S/C13H13N3O/c1-16(10-11-5-4-7-14-9-11)13(17)12-6-2-3-8-15-12/h2-9H,10H2,1H3. The van der Waals surface area contributed by atoms with Gasteiger partial charge in [0.25, 0.3) is 5.91 Å². The maximum Gasteiger partial charge on any atom is 0.272 e. The Morgan fingerprint density at radius 2 is 2.12 bits per heavy atom. The van der Waals surface area contributed by atoms with Crippen LogP contribution in [0.15, 0.2) is 48.9 Å². The van der Waals surface area contributed by atoms with Crippen LogP contribution < -0.4 is 0 Å². The molecule has 2 aromatic heterocycles. The zero-order valence-electron chi connectivity index (χ0n) is 9.58. The van der Waals surface area contributed by atoms with Crippen LogP contribution in [0.4, 0.5) is 0 Å². The Bertz CT molecular complexity index is 485. The molecule has 0 N–H and O–H groups in total. The van der Waals surface area contributed by atoms with Gasteiger partial charge in [-0.3, -0.25) is 14.8 Å². The molecule has 0 fully saturated rings. The highest BCUT2D eigenvalue weighted by molar-refractivity contribution is 5.91. The van der Waals surface area contributed by atoms with Crippen LogP contribution >= 0.6 is 0 Å². The fourth-order valence-corrected chi connectivity index (χ4v) is 1.52. The topological polar surface area (TPSA) is 46.1 Å². The largest absolute Gasteiger partial charge is 0.336 e. The van der Waals surface area contributed by atoms with Crippen LogP contribution in [0.25, 0.3) is 0 Å². The van der Waals surface area contributed by atoms with E-state index in [4.69, 9.17) is 0 Å². The molecule has 2 rings (SSSR count). The first-order valence-electron chi connectivity index (χ1n) is 5.33. The first-order valence-corrected chi connectivity index (χ1v) is 5.33. The van der Waals surface area contributed by atoms with Gasteiger partial charge in [-0.05, 0) is 23.8 Å². The Morgan fingerprint density at radius 3 is 2.76 bits per heavy atom. The monoisotopic (exact) mass is 227 g/mol. The van der Waals surface area contributed by atoms with E-state index in [0.29, 0.717) is 12.2 Å². The fraction of sp³-hybridized carbons (Fsp3) is 0.154. The summed E-state index contributed by atoms with van der Waals surface area (Å²) in [4.78, 5) is 21.7. The number of aromatic nitrogens is 2. The SMILES string of the molecule is CN(Cc1cccnc1)C(=O)c1ccccn1. The third-order valence-electron chi connectivity index (χ3n) is 2.37. The van der Waals surface area contributed by atoms with Gasteiger partial charge in [-0.1, -0.05) is 12.1 Å². The fourth-order valence-electron chi connectivity index (χ4n) is 1.52. The smallest absolute Gasteiger partial charge is 0.272 e. The summed E-state index contributed by atoms with van der Waals surface area (Å²) < 4.78 is 0. The van der Waals surface area contributed by atoms with Crippen molar-refractivity contribution in [1.29, 1.82) is 0 Å². The van der Waals surface area contributed by atoms with E-state index < -0.39 is 0 Å². The summed E-state index contributed by atoms with van der Waals surface area (Å²) in [6, 6.07) is 9.10. The second-order valence-electron chi connectivity index (χ2n) is 3.74. The third-order valence-corrected chi connectivity index (χ3v) is 2.37. The van der Waals surface area contributed by atoms with Gasteiger partial charge in [0, 0.05) is 32.2 Å². The minimum atomic E-state index is -0.0885. The molecular weight excluding hydrogens is 214 g/mol. The van der Waals surface area contributed by atoms with Crippen LogP contribution in [0.3, 0.4) is 0 Å². The van der Waals surface area contributed by atoms with E-state index in [9.17, 15) is 4.79 Å². The Labute approximate surface area is 99.9 Å². The molecule has 0 aliphatic heterocycles. The maximum atomic E-state index is 12.0. The molecule has 0 bridgehead atoms. The second-order valence-corrected chi connectivity index (χ2v) is 3.74. The summed E-state index contributed by atoms with van der Waals surface area (Å²) in [5, 5.41) is 0. The van der Waals surface area contributed by atoms with Gasteiger partial charge in [0.05, 0.1) is 0 Å². The lowest BCUT2D eigenvalue weighted by atomic mass is 10.2. The minimum Gasteiger partial charge on any atom is -0.336 e. The quantitative estimate of drug-likeness (QED) is 0.802. The van der Waals surface area contributed by atoms with Gasteiger partial charge in [-0.2, -0.15) is 0 Å². The lowest BCUT2D eigenvalue weighted by Crippen LogP contribution is -2.26. The van der Waals surface area contributed by atoms with Crippen molar-refractivity contribution in [2.75, 3.05) is 7.05 Å². The van der Waals surface area contributed by atoms with Crippen LogP contribution in [0.2, 0.25) is 0 Å². The van der Waals surface area contributed by atoms with Crippen molar-refractivity contribution in [3.8, 4) is 0 Å². The van der Waals surface area contributed by atoms with Gasteiger partial charge >= 0.3 is 0 Å². The van der Waals surface area contributed by atoms with Gasteiger partial charge in [-0.15, -0.1) is 0 Å². The number of pyridine rings is 2. The van der Waals surface area contributed by atoms with Crippen LogP contribution in [-0.4, -0.2) is 27.8 Å². The molecule has 0 spiro atoms. The predicted molar refractivity (Wildman–Crippen MR) is 64.3 cm³/mol. The Morgan fingerprint density at radius 1 is 1.24 bits per heavy atom. The summed E-state index contributed by atoms with van der Waals surface area (Å²) in [7, 11) is 1.75. The zero-order chi connectivity index (χ0) is 12.1. The molecule has 0 radical (unpaired) electrons. The normalized spacial score (nSPS) is 9.94. The highest BCUT2D eigenvalue weighted by Gasteiger charge is 2.12. The number of carbonyl (C=O) groups excluding carboxylic acids is 1. The molecule has 0 saturated heterocycles. The van der Waals surface area contributed by atoms with Crippen LogP contribution in [-0.2, 0) is 6.54 Å². The van der Waals surface area contributed by atoms with Gasteiger partial charge in [0.2, 0.25) is 0 Å². The molecule has 0 atom stereocenters. The Kier molecular flexibility index (Phi) is 3.45. The molecule has 0 unspecified atom stereocenters. The van der Waals surface area contributed by atoms with E-state index in [0.717, 1.165) is 5.56 Å². The molecule has 2 heterocycles. The number of rotatable bonds is 3. The van der Waals surface area contributed by atoms with Crippen LogP contribution in [0, 0.1) is 0 Å². The Balaban J connectivity index is 2.06. The lowest BCUT2D eigenvalue weighted by Gasteiger charge is -2.16. The van der Waals surface area contributed by atoms with Gasteiger partial charge in [0.15, 0.2) is 0 Å². The number of amides is 1. The van der Waals surface area contributed by atoms with E-state index >= 15 is 0 Å². The average molecular weight is 227 g/mol. The number of carbonyl (C=O) groups is 1. The van der Waals surface area contributed by atoms with E-state index in [1.54, 1.807) is 48.7 Å². The predicted octanol–water partition coefficient (Wildman–Crippen LogP) is 1.75. The summed E-state index contributed by atoms with van der Waals surface area (Å²) in [6.45, 7) is 0.531. The number of hydrogen-bond acceptors (Lipinski definition) is 3. The van der Waals surface area contributed by atoms with Crippen LogP contribution in [0.1, 0.15) is 16.1 Å². The molecule has 2 aromatic rings. The first kappa shape index (κ1) is 11.3. The average Bonchev–Trinajstić information content (AvgIpc) is 2.40. The van der Waals surface area contributed by atoms with Crippen molar-refractivity contribution < 1.29 is 4.79 Å². The third kappa shape index (κ3) is 2.87. The van der Waals surface area contributed by atoms with E-state index in [1.165, 1.54) is 0 Å². The summed E-state index contributed by atoms with van der Waals surface area (Å²) in [5.41, 5.74) is 1.46. The van der Waals surface area contributed by atoms with Gasteiger partial charge in [-0.25, -0.2) is 0 Å². The van der Waals surface area contributed by atoms with E-state index in [2.05, 4.69) is 9.97 Å². The minimum absolute atomic E-state index is 0.0885. The highest BCUT2D eigenvalue weighted by atomic mass is 16.2. The van der Waals surface area contributed by atoms with Crippen molar-refractivity contribution >= 4 is 5.91 Å². The van der Waals surface area contributed by atoms with Crippen molar-refractivity contribution in [1.82, 2.24) is 14.9 Å². The molecule has 0 aliphatic rings. The molecule has 86 valence electrons. The first-order chi connectivity index (χ1) is 8.27. The lowest BCUT2D eigenvalue weighted by molar-refractivity contribution is 0.0779. The van der Waals surface area contributed by atoms with Crippen molar-refractivity contribution in [3.63, 3.8) is 0 Å². The molecule has 17 heavy (non-hydrogen) atoms. The van der Waals surface area contributed by atoms with Crippen LogP contribution in [0.5, 0.6) is 0 Å². The molecule has 4 nitrogen and oxygen atoms in total. The second kappa shape index (κ2) is 5.21. The summed E-state index contributed by atoms with van der Waals surface area (Å²) >= 11 is 0. The molecular formula is C13H13N3O. The molecule has 1 amide bonds. The highest BCUT2D eigenvalue weighted by Crippen LogP contribution is 2.05. The van der Waals surface area contributed by atoms with E-state index in [1.807, 2.05) is 12.1 Å². The number of hydrogen-bond donors (Lipinski definition) is 0. The van der Waals surface area contributed by atoms with Crippen molar-refractivity contribution in [2.45, 2.75) is 6.54 Å². The van der Waals surface area contributed by atoms with Crippen molar-refractivity contribution in [2.24, 2.45) is 0 Å². The van der Waals surface area contributed by atoms with Crippen molar-refractivity contribution in [3.05, 3.63) is 60.2 Å². The molecule has 0 saturated carbocycles. The van der Waals surface area contributed by atoms with E-state index in [-0.39, 0.29) is 5.91 Å².